The number of benzene rings is 1. The van der Waals surface area contributed by atoms with E-state index in [2.05, 4.69) is 25.7 Å². The van der Waals surface area contributed by atoms with Crippen LogP contribution >= 0.6 is 0 Å². The number of nitrogens with zero attached hydrogens (tertiary/aromatic N) is 1. The van der Waals surface area contributed by atoms with E-state index in [0.29, 0.717) is 12.5 Å². The summed E-state index contributed by atoms with van der Waals surface area (Å²) in [4.78, 5) is 14.2. The van der Waals surface area contributed by atoms with Crippen molar-refractivity contribution in [3.63, 3.8) is 0 Å². The quantitative estimate of drug-likeness (QED) is 0.688. The first-order valence-electron chi connectivity index (χ1n) is 6.87. The van der Waals surface area contributed by atoms with Crippen LogP contribution in [-0.2, 0) is 6.42 Å². The minimum absolute atomic E-state index is 0.212. The second-order valence-corrected chi connectivity index (χ2v) is 5.18. The summed E-state index contributed by atoms with van der Waals surface area (Å²) in [5.41, 5.74) is 2.10. The lowest BCUT2D eigenvalue weighted by atomic mass is 10.1. The highest BCUT2D eigenvalue weighted by molar-refractivity contribution is 5.97. The molecule has 0 aromatic heterocycles. The minimum atomic E-state index is 0.212. The van der Waals surface area contributed by atoms with E-state index in [1.807, 2.05) is 31.3 Å². The first kappa shape index (κ1) is 14.9. The van der Waals surface area contributed by atoms with Crippen molar-refractivity contribution in [2.75, 3.05) is 20.1 Å². The van der Waals surface area contributed by atoms with Gasteiger partial charge in [0.25, 0.3) is 0 Å². The van der Waals surface area contributed by atoms with Gasteiger partial charge in [0.1, 0.15) is 0 Å². The molecule has 0 spiro atoms. The molecule has 0 amide bonds. The molecule has 0 heterocycles. The van der Waals surface area contributed by atoms with E-state index in [1.54, 1.807) is 0 Å². The minimum Gasteiger partial charge on any atom is -0.299 e. The van der Waals surface area contributed by atoms with Crippen LogP contribution in [0.4, 0.5) is 0 Å². The van der Waals surface area contributed by atoms with Gasteiger partial charge in [-0.1, -0.05) is 51.5 Å². The Morgan fingerprint density at radius 1 is 1.22 bits per heavy atom. The van der Waals surface area contributed by atoms with Crippen LogP contribution in [0.1, 0.15) is 43.1 Å². The van der Waals surface area contributed by atoms with Gasteiger partial charge in [-0.25, -0.2) is 0 Å². The number of carbonyl (C=O) groups excluding carboxylic acids is 1. The first-order chi connectivity index (χ1) is 8.56. The van der Waals surface area contributed by atoms with E-state index in [0.717, 1.165) is 24.9 Å². The van der Waals surface area contributed by atoms with Gasteiger partial charge < -0.3 is 0 Å². The summed E-state index contributed by atoms with van der Waals surface area (Å²) in [6, 6.07) is 7.97. The number of ketones is 1. The summed E-state index contributed by atoms with van der Waals surface area (Å²) in [5.74, 6) is 0.855. The van der Waals surface area contributed by atoms with Crippen molar-refractivity contribution >= 4 is 5.78 Å². The molecule has 100 valence electrons. The van der Waals surface area contributed by atoms with E-state index in [4.69, 9.17) is 0 Å². The van der Waals surface area contributed by atoms with Gasteiger partial charge in [-0.15, -0.1) is 0 Å². The number of hydrogen-bond acceptors (Lipinski definition) is 2. The van der Waals surface area contributed by atoms with Crippen LogP contribution < -0.4 is 0 Å². The van der Waals surface area contributed by atoms with Gasteiger partial charge in [0.15, 0.2) is 5.78 Å². The fourth-order valence-electron chi connectivity index (χ4n) is 1.99. The smallest absolute Gasteiger partial charge is 0.176 e. The number of aryl methyl sites for hydroxylation is 1. The molecule has 0 aliphatic carbocycles. The molecule has 0 N–H and O–H groups in total. The first-order valence-corrected chi connectivity index (χ1v) is 6.87. The van der Waals surface area contributed by atoms with Crippen molar-refractivity contribution in [2.24, 2.45) is 5.92 Å². The Morgan fingerprint density at radius 3 is 2.33 bits per heavy atom. The van der Waals surface area contributed by atoms with Gasteiger partial charge in [0.05, 0.1) is 6.54 Å². The summed E-state index contributed by atoms with van der Waals surface area (Å²) in [6.45, 7) is 8.02. The zero-order valence-electron chi connectivity index (χ0n) is 12.1. The summed E-state index contributed by atoms with van der Waals surface area (Å²) in [5, 5.41) is 0. The normalized spacial score (nSPS) is 12.7. The number of hydrogen-bond donors (Lipinski definition) is 0. The van der Waals surface area contributed by atoms with Crippen LogP contribution in [0.2, 0.25) is 0 Å². The fraction of sp³-hybridized carbons (Fsp3) is 0.562. The van der Waals surface area contributed by atoms with E-state index < -0.39 is 0 Å². The largest absolute Gasteiger partial charge is 0.299 e. The maximum atomic E-state index is 12.1. The molecular formula is C16H25NO. The average molecular weight is 247 g/mol. The van der Waals surface area contributed by atoms with Crippen LogP contribution in [0.3, 0.4) is 0 Å². The van der Waals surface area contributed by atoms with Crippen LogP contribution in [0.25, 0.3) is 0 Å². The zero-order valence-corrected chi connectivity index (χ0v) is 12.1. The third kappa shape index (κ3) is 4.61. The third-order valence-electron chi connectivity index (χ3n) is 3.42. The molecule has 0 radical (unpaired) electrons. The maximum Gasteiger partial charge on any atom is 0.176 e. The highest BCUT2D eigenvalue weighted by Crippen LogP contribution is 2.08. The molecule has 1 atom stereocenters. The lowest BCUT2D eigenvalue weighted by Crippen LogP contribution is -2.30. The molecule has 1 unspecified atom stereocenters. The van der Waals surface area contributed by atoms with Crippen molar-refractivity contribution < 1.29 is 4.79 Å². The molecule has 1 aromatic rings. The summed E-state index contributed by atoms with van der Waals surface area (Å²) in [7, 11) is 2.02. The second-order valence-electron chi connectivity index (χ2n) is 5.18. The number of rotatable bonds is 7. The van der Waals surface area contributed by atoms with Crippen LogP contribution in [0, 0.1) is 5.92 Å². The summed E-state index contributed by atoms with van der Waals surface area (Å²) < 4.78 is 0. The molecule has 2 nitrogen and oxygen atoms in total. The molecule has 1 rings (SSSR count). The molecule has 0 aliphatic heterocycles. The van der Waals surface area contributed by atoms with Gasteiger partial charge in [-0.05, 0) is 24.9 Å². The van der Waals surface area contributed by atoms with E-state index >= 15 is 0 Å². The lowest BCUT2D eigenvalue weighted by molar-refractivity contribution is 0.0939. The summed E-state index contributed by atoms with van der Waals surface area (Å²) in [6.07, 6.45) is 2.17. The maximum absolute atomic E-state index is 12.1. The van der Waals surface area contributed by atoms with E-state index in [1.165, 1.54) is 5.56 Å². The van der Waals surface area contributed by atoms with Crippen LogP contribution in [-0.4, -0.2) is 30.8 Å². The Morgan fingerprint density at radius 2 is 1.83 bits per heavy atom. The zero-order chi connectivity index (χ0) is 13.5. The van der Waals surface area contributed by atoms with Crippen molar-refractivity contribution in [3.8, 4) is 0 Å². The Hall–Kier alpha value is -1.15. The van der Waals surface area contributed by atoms with Crippen LogP contribution in [0.15, 0.2) is 24.3 Å². The standard InChI is InChI=1S/C16H25NO/c1-5-13(3)11-17(4)12-16(18)15-9-7-14(6-2)8-10-15/h7-10,13H,5-6,11-12H2,1-4H3. The average Bonchev–Trinajstić information content (AvgIpc) is 2.38. The molecular weight excluding hydrogens is 222 g/mol. The highest BCUT2D eigenvalue weighted by atomic mass is 16.1. The van der Waals surface area contributed by atoms with Crippen molar-refractivity contribution in [1.82, 2.24) is 4.90 Å². The lowest BCUT2D eigenvalue weighted by Gasteiger charge is -2.19. The Kier molecular flexibility index (Phi) is 6.06. The van der Waals surface area contributed by atoms with Gasteiger partial charge in [0, 0.05) is 12.1 Å². The van der Waals surface area contributed by atoms with Crippen molar-refractivity contribution in [3.05, 3.63) is 35.4 Å². The molecule has 0 fully saturated rings. The van der Waals surface area contributed by atoms with E-state index in [9.17, 15) is 4.79 Å². The highest BCUT2D eigenvalue weighted by Gasteiger charge is 2.11. The Labute approximate surface area is 111 Å². The van der Waals surface area contributed by atoms with E-state index in [-0.39, 0.29) is 5.78 Å². The van der Waals surface area contributed by atoms with Crippen LogP contribution in [0.5, 0.6) is 0 Å². The van der Waals surface area contributed by atoms with Gasteiger partial charge >= 0.3 is 0 Å². The summed E-state index contributed by atoms with van der Waals surface area (Å²) >= 11 is 0. The van der Waals surface area contributed by atoms with Gasteiger partial charge in [-0.2, -0.15) is 0 Å². The second kappa shape index (κ2) is 7.32. The molecule has 1 aromatic carbocycles. The molecule has 0 saturated carbocycles. The van der Waals surface area contributed by atoms with Gasteiger partial charge in [-0.3, -0.25) is 9.69 Å². The molecule has 2 heteroatoms. The third-order valence-corrected chi connectivity index (χ3v) is 3.42. The number of Topliss-reactive ketones (excluding diaryl/α,β-unsaturated/α-hetero) is 1. The SMILES string of the molecule is CCc1ccc(C(=O)CN(C)CC(C)CC)cc1. The fourth-order valence-corrected chi connectivity index (χ4v) is 1.99. The number of carbonyl (C=O) groups is 1. The Balaban J connectivity index is 2.53. The molecule has 18 heavy (non-hydrogen) atoms. The predicted molar refractivity (Wildman–Crippen MR) is 77.1 cm³/mol. The Bertz CT molecular complexity index is 369. The monoisotopic (exact) mass is 247 g/mol. The van der Waals surface area contributed by atoms with Crippen molar-refractivity contribution in [1.29, 1.82) is 0 Å². The molecule has 0 aliphatic rings. The molecule has 0 saturated heterocycles. The van der Waals surface area contributed by atoms with Gasteiger partial charge in [0.2, 0.25) is 0 Å². The molecule has 0 bridgehead atoms. The predicted octanol–water partition coefficient (Wildman–Crippen LogP) is 3.41. The number of likely N-dealkylation sites (N-methyl/N-ethyl adjacent to an activating group) is 1. The van der Waals surface area contributed by atoms with Crippen molar-refractivity contribution in [2.45, 2.75) is 33.6 Å². The topological polar surface area (TPSA) is 20.3 Å².